The minimum Gasteiger partial charge on any atom is -0.330 e. The first-order chi connectivity index (χ1) is 14.6. The molecule has 0 radical (unpaired) electrons. The summed E-state index contributed by atoms with van der Waals surface area (Å²) in [5.41, 5.74) is 7.82. The molecular weight excluding hydrogens is 414 g/mol. The van der Waals surface area contributed by atoms with Crippen LogP contribution in [0.15, 0.2) is 36.7 Å². The zero-order valence-corrected chi connectivity index (χ0v) is 17.0. The van der Waals surface area contributed by atoms with Crippen LogP contribution in [-0.4, -0.2) is 40.9 Å². The molecule has 0 saturated heterocycles. The molecule has 10 heteroatoms. The molecule has 1 aromatic carbocycles. The van der Waals surface area contributed by atoms with Crippen molar-refractivity contribution in [1.82, 2.24) is 20.2 Å². The van der Waals surface area contributed by atoms with Gasteiger partial charge >= 0.3 is 6.18 Å². The third-order valence-electron chi connectivity index (χ3n) is 5.14. The van der Waals surface area contributed by atoms with Gasteiger partial charge in [-0.25, -0.2) is 14.4 Å². The van der Waals surface area contributed by atoms with Crippen LogP contribution < -0.4 is 11.1 Å². The lowest BCUT2D eigenvalue weighted by Crippen LogP contribution is -2.38. The Morgan fingerprint density at radius 1 is 1.29 bits per heavy atom. The van der Waals surface area contributed by atoms with Gasteiger partial charge in [0, 0.05) is 23.7 Å². The topological polar surface area (TPSA) is 84.1 Å². The largest absolute Gasteiger partial charge is 0.416 e. The lowest BCUT2D eigenvalue weighted by molar-refractivity contribution is -0.137. The molecule has 1 unspecified atom stereocenters. The number of amides is 1. The highest BCUT2D eigenvalue weighted by Crippen LogP contribution is 2.32. The van der Waals surface area contributed by atoms with E-state index in [2.05, 4.69) is 21.9 Å². The maximum Gasteiger partial charge on any atom is 0.416 e. The SMILES string of the molecule is C=C(F)C(=O)N1CCc2c(nc(-c3ccc(C(F)(F)F)cc3)nc2C(N)CCNC)C1. The maximum absolute atomic E-state index is 13.3. The fraction of sp³-hybridized carbons (Fsp3) is 0.381. The molecule has 2 heterocycles. The molecule has 1 aliphatic heterocycles. The summed E-state index contributed by atoms with van der Waals surface area (Å²) in [6.07, 6.45) is -3.48. The van der Waals surface area contributed by atoms with Crippen molar-refractivity contribution >= 4 is 5.91 Å². The van der Waals surface area contributed by atoms with Crippen molar-refractivity contribution in [2.45, 2.75) is 31.6 Å². The van der Waals surface area contributed by atoms with Gasteiger partial charge in [-0.2, -0.15) is 13.2 Å². The summed E-state index contributed by atoms with van der Waals surface area (Å²) in [4.78, 5) is 22.4. The average Bonchev–Trinajstić information content (AvgIpc) is 2.75. The summed E-state index contributed by atoms with van der Waals surface area (Å²) >= 11 is 0. The Labute approximate surface area is 177 Å². The van der Waals surface area contributed by atoms with Crippen LogP contribution in [-0.2, 0) is 23.9 Å². The number of rotatable bonds is 6. The molecule has 1 aromatic heterocycles. The van der Waals surface area contributed by atoms with Gasteiger partial charge in [-0.3, -0.25) is 4.79 Å². The average molecular weight is 437 g/mol. The van der Waals surface area contributed by atoms with E-state index in [4.69, 9.17) is 5.73 Å². The van der Waals surface area contributed by atoms with Crippen LogP contribution in [0.3, 0.4) is 0 Å². The van der Waals surface area contributed by atoms with Crippen molar-refractivity contribution < 1.29 is 22.4 Å². The lowest BCUT2D eigenvalue weighted by atomic mass is 9.96. The number of halogens is 4. The van der Waals surface area contributed by atoms with Crippen molar-refractivity contribution in [3.8, 4) is 11.4 Å². The van der Waals surface area contributed by atoms with Crippen LogP contribution >= 0.6 is 0 Å². The number of nitrogens with one attached hydrogen (secondary N) is 1. The van der Waals surface area contributed by atoms with E-state index >= 15 is 0 Å². The second kappa shape index (κ2) is 9.11. The molecule has 3 rings (SSSR count). The molecule has 31 heavy (non-hydrogen) atoms. The zero-order chi connectivity index (χ0) is 22.8. The fourth-order valence-corrected chi connectivity index (χ4v) is 3.49. The summed E-state index contributed by atoms with van der Waals surface area (Å²) in [5.74, 6) is -1.68. The van der Waals surface area contributed by atoms with E-state index in [1.54, 1.807) is 7.05 Å². The van der Waals surface area contributed by atoms with E-state index in [9.17, 15) is 22.4 Å². The molecule has 0 fully saturated rings. The quantitative estimate of drug-likeness (QED) is 0.536. The van der Waals surface area contributed by atoms with Crippen molar-refractivity contribution in [1.29, 1.82) is 0 Å². The highest BCUT2D eigenvalue weighted by molar-refractivity contribution is 5.90. The van der Waals surface area contributed by atoms with Gasteiger partial charge in [0.25, 0.3) is 5.91 Å². The molecule has 0 aliphatic carbocycles. The number of aromatic nitrogens is 2. The standard InChI is InChI=1S/C21H23F4N5O/c1-12(22)20(31)30-10-8-15-17(11-30)28-19(29-18(15)16(26)7-9-27-2)13-3-5-14(6-4-13)21(23,24)25/h3-6,16,27H,1,7-11,26H2,2H3. The van der Waals surface area contributed by atoms with E-state index in [0.29, 0.717) is 36.3 Å². The molecule has 166 valence electrons. The Morgan fingerprint density at radius 2 is 1.97 bits per heavy atom. The summed E-state index contributed by atoms with van der Waals surface area (Å²) in [5, 5.41) is 3.02. The van der Waals surface area contributed by atoms with Crippen molar-refractivity contribution in [2.24, 2.45) is 5.73 Å². The number of nitrogens with zero attached hydrogens (tertiary/aromatic N) is 3. The zero-order valence-electron chi connectivity index (χ0n) is 17.0. The predicted octanol–water partition coefficient (Wildman–Crippen LogP) is 3.14. The molecule has 1 atom stereocenters. The number of alkyl halides is 3. The van der Waals surface area contributed by atoms with E-state index in [1.165, 1.54) is 17.0 Å². The Kier molecular flexibility index (Phi) is 6.71. The normalized spacial score (nSPS) is 14.8. The van der Waals surface area contributed by atoms with Gasteiger partial charge in [-0.15, -0.1) is 0 Å². The second-order valence-corrected chi connectivity index (χ2v) is 7.31. The molecule has 2 aromatic rings. The summed E-state index contributed by atoms with van der Waals surface area (Å²) in [7, 11) is 1.79. The van der Waals surface area contributed by atoms with Gasteiger partial charge in [-0.1, -0.05) is 18.7 Å². The molecule has 0 spiro atoms. The molecule has 0 bridgehead atoms. The summed E-state index contributed by atoms with van der Waals surface area (Å²) in [6.45, 7) is 4.00. The third-order valence-corrected chi connectivity index (χ3v) is 5.14. The monoisotopic (exact) mass is 437 g/mol. The number of nitrogens with two attached hydrogens (primary N) is 1. The first kappa shape index (κ1) is 22.8. The number of benzene rings is 1. The maximum atomic E-state index is 13.3. The second-order valence-electron chi connectivity index (χ2n) is 7.31. The van der Waals surface area contributed by atoms with Crippen LogP contribution in [0.2, 0.25) is 0 Å². The first-order valence-electron chi connectivity index (χ1n) is 9.73. The van der Waals surface area contributed by atoms with Gasteiger partial charge in [0.1, 0.15) is 0 Å². The van der Waals surface area contributed by atoms with Gasteiger partial charge in [0.2, 0.25) is 0 Å². The fourth-order valence-electron chi connectivity index (χ4n) is 3.49. The Hall–Kier alpha value is -2.85. The predicted molar refractivity (Wildman–Crippen MR) is 107 cm³/mol. The van der Waals surface area contributed by atoms with Crippen LogP contribution in [0.1, 0.15) is 35.0 Å². The van der Waals surface area contributed by atoms with Gasteiger partial charge < -0.3 is 16.0 Å². The smallest absolute Gasteiger partial charge is 0.330 e. The number of carbonyl (C=O) groups excluding carboxylic acids is 1. The molecule has 3 N–H and O–H groups in total. The van der Waals surface area contributed by atoms with Gasteiger partial charge in [0.05, 0.1) is 23.5 Å². The molecule has 0 saturated carbocycles. The minimum absolute atomic E-state index is 0.0407. The van der Waals surface area contributed by atoms with Crippen molar-refractivity contribution in [3.63, 3.8) is 0 Å². The minimum atomic E-state index is -4.45. The van der Waals surface area contributed by atoms with Gasteiger partial charge in [0.15, 0.2) is 11.7 Å². The third kappa shape index (κ3) is 5.08. The summed E-state index contributed by atoms with van der Waals surface area (Å²) in [6, 6.07) is 4.07. The van der Waals surface area contributed by atoms with E-state index < -0.39 is 29.5 Å². The lowest BCUT2D eigenvalue weighted by Gasteiger charge is -2.30. The molecule has 1 amide bonds. The summed E-state index contributed by atoms with van der Waals surface area (Å²) < 4.78 is 52.0. The van der Waals surface area contributed by atoms with Crippen LogP contribution in [0.4, 0.5) is 17.6 Å². The van der Waals surface area contributed by atoms with Crippen LogP contribution in [0.5, 0.6) is 0 Å². The number of carbonyl (C=O) groups is 1. The number of hydrogen-bond donors (Lipinski definition) is 2. The highest BCUT2D eigenvalue weighted by atomic mass is 19.4. The molecule has 6 nitrogen and oxygen atoms in total. The Morgan fingerprint density at radius 3 is 2.55 bits per heavy atom. The van der Waals surface area contributed by atoms with Crippen molar-refractivity contribution in [3.05, 3.63) is 59.2 Å². The molecule has 1 aliphatic rings. The van der Waals surface area contributed by atoms with Gasteiger partial charge in [-0.05, 0) is 38.6 Å². The highest BCUT2D eigenvalue weighted by Gasteiger charge is 2.31. The number of hydrogen-bond acceptors (Lipinski definition) is 5. The Balaban J connectivity index is 2.03. The first-order valence-corrected chi connectivity index (χ1v) is 9.73. The molecular formula is C21H23F4N5O. The Bertz CT molecular complexity index is 975. The van der Waals surface area contributed by atoms with E-state index in [1.807, 2.05) is 0 Å². The van der Waals surface area contributed by atoms with Crippen molar-refractivity contribution in [2.75, 3.05) is 20.1 Å². The van der Waals surface area contributed by atoms with Crippen LogP contribution in [0, 0.1) is 0 Å². The van der Waals surface area contributed by atoms with E-state index in [-0.39, 0.29) is 18.9 Å². The van der Waals surface area contributed by atoms with Crippen LogP contribution in [0.25, 0.3) is 11.4 Å². The van der Waals surface area contributed by atoms with E-state index in [0.717, 1.165) is 17.7 Å². The number of fused-ring (bicyclic) bond motifs is 1.